The van der Waals surface area contributed by atoms with Crippen LogP contribution in [-0.4, -0.2) is 49.7 Å². The number of hydrogen-bond donors (Lipinski definition) is 2. The molecule has 0 bridgehead atoms. The van der Waals surface area contributed by atoms with Crippen LogP contribution >= 0.6 is 23.2 Å². The number of likely N-dealkylation sites (tertiary alicyclic amines) is 1. The van der Waals surface area contributed by atoms with Gasteiger partial charge in [-0.05, 0) is 68.9 Å². The molecule has 4 atom stereocenters. The Labute approximate surface area is 276 Å². The predicted molar refractivity (Wildman–Crippen MR) is 176 cm³/mol. The summed E-state index contributed by atoms with van der Waals surface area (Å²) in [5.41, 5.74) is 1.91. The normalized spacial score (nSPS) is 25.5. The van der Waals surface area contributed by atoms with Gasteiger partial charge in [-0.2, -0.15) is 5.10 Å². The van der Waals surface area contributed by atoms with Crippen LogP contribution in [0.1, 0.15) is 85.1 Å². The van der Waals surface area contributed by atoms with Crippen molar-refractivity contribution in [2.75, 3.05) is 11.9 Å². The van der Waals surface area contributed by atoms with E-state index in [0.29, 0.717) is 52.7 Å². The first kappa shape index (κ1) is 30.1. The molecule has 46 heavy (non-hydrogen) atoms. The number of Topliss-reactive ketones (excluding diaryl/α,β-unsaturated/α-hetero) is 1. The van der Waals surface area contributed by atoms with Crippen molar-refractivity contribution in [3.8, 4) is 0 Å². The zero-order valence-corrected chi connectivity index (χ0v) is 27.2. The molecule has 1 saturated carbocycles. The highest BCUT2D eigenvalue weighted by atomic mass is 35.5. The fraction of sp³-hybridized carbons (Fsp3) is 0.417. The second-order valence-corrected chi connectivity index (χ2v) is 14.9. The van der Waals surface area contributed by atoms with Crippen LogP contribution in [0.4, 0.5) is 10.1 Å². The Morgan fingerprint density at radius 2 is 1.96 bits per heavy atom. The molecule has 2 N–H and O–H groups in total. The van der Waals surface area contributed by atoms with Gasteiger partial charge in [-0.3, -0.25) is 19.2 Å². The van der Waals surface area contributed by atoms with Crippen LogP contribution in [0, 0.1) is 11.7 Å². The summed E-state index contributed by atoms with van der Waals surface area (Å²) in [6.45, 7) is 4.09. The number of halogens is 3. The summed E-state index contributed by atoms with van der Waals surface area (Å²) in [5.74, 6) is -0.995. The number of aromatic nitrogens is 2. The average Bonchev–Trinajstić information content (AvgIpc) is 3.67. The van der Waals surface area contributed by atoms with Gasteiger partial charge in [0.2, 0.25) is 5.91 Å². The summed E-state index contributed by atoms with van der Waals surface area (Å²) in [6.07, 6.45) is 4.54. The van der Waals surface area contributed by atoms with E-state index in [1.165, 1.54) is 6.07 Å². The lowest BCUT2D eigenvalue weighted by atomic mass is 9.73. The molecule has 1 amide bonds. The lowest BCUT2D eigenvalue weighted by Crippen LogP contribution is -2.54. The second-order valence-electron chi connectivity index (χ2n) is 14.1. The number of amides is 1. The summed E-state index contributed by atoms with van der Waals surface area (Å²) in [5, 5.41) is 19.8. The lowest BCUT2D eigenvalue weighted by molar-refractivity contribution is -0.128. The van der Waals surface area contributed by atoms with E-state index in [2.05, 4.69) is 10.2 Å². The molecule has 0 unspecified atom stereocenters. The van der Waals surface area contributed by atoms with Gasteiger partial charge in [-0.15, -0.1) is 0 Å². The quantitative estimate of drug-likeness (QED) is 0.201. The van der Waals surface area contributed by atoms with E-state index in [0.717, 1.165) is 35.9 Å². The number of aliphatic hydroxyl groups is 1. The molecule has 1 spiro atoms. The molecular weight excluding hydrogens is 626 g/mol. The van der Waals surface area contributed by atoms with Crippen molar-refractivity contribution in [1.29, 1.82) is 0 Å². The Morgan fingerprint density at radius 3 is 2.70 bits per heavy atom. The van der Waals surface area contributed by atoms with Crippen LogP contribution in [-0.2, 0) is 16.8 Å². The standard InChI is InChI=1S/C36H35Cl2FN4O3/c1-35(2,46)14-13-30(44)20-9-11-22-26(15-20)41-43-28(22)17-29-33(43)31(23-7-4-8-25(38)32(23)39)36(42(29)18-19-5-3-6-19)24-12-10-21(37)16-27(24)40-34(36)45/h4,7-12,15-16,19,29,31,33,46H,3,5-6,13-14,17-18H2,1-2H3,(H,40,45)/t29-,31-,33+,36+/m0/s1. The first-order valence-corrected chi connectivity index (χ1v) is 16.8. The SMILES string of the molecule is CC(C)(O)CCC(=O)c1ccc2c3n(nc2c1)[C@@H]1[C@H](C3)N(CC2CCC2)[C@@]2(C(=O)Nc3cc(Cl)ccc32)[C@H]1c1cccc(Cl)c1F. The summed E-state index contributed by atoms with van der Waals surface area (Å²) in [7, 11) is 0. The number of ketones is 1. The molecule has 4 aliphatic rings. The van der Waals surface area contributed by atoms with Gasteiger partial charge in [0.1, 0.15) is 11.4 Å². The van der Waals surface area contributed by atoms with E-state index in [1.807, 2.05) is 28.9 Å². The molecular formula is C36H35Cl2FN4O3. The monoisotopic (exact) mass is 660 g/mol. The molecule has 8 rings (SSSR count). The number of rotatable bonds is 7. The number of benzene rings is 3. The third kappa shape index (κ3) is 4.40. The van der Waals surface area contributed by atoms with Gasteiger partial charge in [0.05, 0.1) is 22.2 Å². The fourth-order valence-electron chi connectivity index (χ4n) is 8.46. The molecule has 1 aromatic heterocycles. The molecule has 2 fully saturated rings. The summed E-state index contributed by atoms with van der Waals surface area (Å²) >= 11 is 12.8. The van der Waals surface area contributed by atoms with Crippen molar-refractivity contribution in [3.63, 3.8) is 0 Å². The number of nitrogens with one attached hydrogen (secondary N) is 1. The summed E-state index contributed by atoms with van der Waals surface area (Å²) in [4.78, 5) is 30.0. The molecule has 7 nitrogen and oxygen atoms in total. The third-order valence-electron chi connectivity index (χ3n) is 10.8. The van der Waals surface area contributed by atoms with Gasteiger partial charge in [-0.25, -0.2) is 4.39 Å². The van der Waals surface area contributed by atoms with Gasteiger partial charge in [-0.1, -0.05) is 60.0 Å². The fourth-order valence-corrected chi connectivity index (χ4v) is 8.82. The van der Waals surface area contributed by atoms with E-state index in [1.54, 1.807) is 38.1 Å². The molecule has 3 aromatic carbocycles. The number of hydrogen-bond acceptors (Lipinski definition) is 5. The van der Waals surface area contributed by atoms with E-state index in [9.17, 15) is 14.7 Å². The van der Waals surface area contributed by atoms with Gasteiger partial charge in [0.15, 0.2) is 5.78 Å². The number of nitrogens with zero attached hydrogens (tertiary/aromatic N) is 3. The van der Waals surface area contributed by atoms with Gasteiger partial charge in [0, 0.05) is 64.3 Å². The zero-order chi connectivity index (χ0) is 32.1. The van der Waals surface area contributed by atoms with Gasteiger partial charge < -0.3 is 10.4 Å². The molecule has 4 heterocycles. The van der Waals surface area contributed by atoms with Crippen LogP contribution in [0.25, 0.3) is 10.9 Å². The average molecular weight is 662 g/mol. The lowest BCUT2D eigenvalue weighted by Gasteiger charge is -2.43. The minimum atomic E-state index is -1.20. The van der Waals surface area contributed by atoms with Crippen molar-refractivity contribution in [2.24, 2.45) is 5.92 Å². The maximum atomic E-state index is 16.3. The van der Waals surface area contributed by atoms with Crippen molar-refractivity contribution in [3.05, 3.63) is 92.8 Å². The van der Waals surface area contributed by atoms with E-state index >= 15 is 4.39 Å². The van der Waals surface area contributed by atoms with E-state index < -0.39 is 22.9 Å². The second kappa shape index (κ2) is 10.6. The number of carbonyl (C=O) groups is 2. The van der Waals surface area contributed by atoms with Crippen LogP contribution < -0.4 is 5.32 Å². The molecule has 10 heteroatoms. The van der Waals surface area contributed by atoms with Crippen molar-refractivity contribution < 1.29 is 19.1 Å². The molecule has 3 aliphatic heterocycles. The number of anilines is 1. The minimum Gasteiger partial charge on any atom is -0.390 e. The molecule has 0 radical (unpaired) electrons. The maximum absolute atomic E-state index is 16.3. The Morgan fingerprint density at radius 1 is 1.15 bits per heavy atom. The highest BCUT2D eigenvalue weighted by molar-refractivity contribution is 6.31. The van der Waals surface area contributed by atoms with Crippen LogP contribution in [0.3, 0.4) is 0 Å². The smallest absolute Gasteiger partial charge is 0.250 e. The molecule has 1 aliphatic carbocycles. The van der Waals surface area contributed by atoms with Crippen LogP contribution in [0.2, 0.25) is 10.0 Å². The van der Waals surface area contributed by atoms with Crippen LogP contribution in [0.5, 0.6) is 0 Å². The predicted octanol–water partition coefficient (Wildman–Crippen LogP) is 7.43. The molecule has 238 valence electrons. The highest BCUT2D eigenvalue weighted by Gasteiger charge is 2.69. The third-order valence-corrected chi connectivity index (χ3v) is 11.3. The molecule has 4 aromatic rings. The van der Waals surface area contributed by atoms with Crippen molar-refractivity contribution in [2.45, 2.75) is 81.5 Å². The van der Waals surface area contributed by atoms with E-state index in [4.69, 9.17) is 28.3 Å². The first-order valence-electron chi connectivity index (χ1n) is 16.1. The summed E-state index contributed by atoms with van der Waals surface area (Å²) in [6, 6.07) is 15.6. The summed E-state index contributed by atoms with van der Waals surface area (Å²) < 4.78 is 18.3. The Kier molecular flexibility index (Phi) is 6.93. The Bertz CT molecular complexity index is 1930. The van der Waals surface area contributed by atoms with Gasteiger partial charge >= 0.3 is 0 Å². The van der Waals surface area contributed by atoms with Crippen molar-refractivity contribution >= 4 is 51.5 Å². The van der Waals surface area contributed by atoms with E-state index in [-0.39, 0.29) is 35.2 Å². The first-order chi connectivity index (χ1) is 22.0. The number of carbonyl (C=O) groups excluding carboxylic acids is 2. The minimum absolute atomic E-state index is 0.00874. The van der Waals surface area contributed by atoms with Crippen LogP contribution in [0.15, 0.2) is 54.6 Å². The van der Waals surface area contributed by atoms with Crippen molar-refractivity contribution in [1.82, 2.24) is 14.7 Å². The number of fused-ring (bicyclic) bond motifs is 7. The maximum Gasteiger partial charge on any atom is 0.250 e. The Hall–Kier alpha value is -3.30. The largest absolute Gasteiger partial charge is 0.390 e. The Balaban J connectivity index is 1.31. The molecule has 1 saturated heterocycles. The van der Waals surface area contributed by atoms with Gasteiger partial charge in [0.25, 0.3) is 0 Å². The highest BCUT2D eigenvalue weighted by Crippen LogP contribution is 2.64. The topological polar surface area (TPSA) is 87.5 Å². The zero-order valence-electron chi connectivity index (χ0n) is 25.7.